The summed E-state index contributed by atoms with van der Waals surface area (Å²) in [6.07, 6.45) is 1.50. The zero-order valence-corrected chi connectivity index (χ0v) is 20.9. The van der Waals surface area contributed by atoms with Crippen LogP contribution in [0.15, 0.2) is 80.3 Å². The van der Waals surface area contributed by atoms with Gasteiger partial charge in [-0.25, -0.2) is 14.6 Å². The molecule has 0 unspecified atom stereocenters. The summed E-state index contributed by atoms with van der Waals surface area (Å²) < 4.78 is 17.3. The van der Waals surface area contributed by atoms with E-state index < -0.39 is 11.9 Å². The van der Waals surface area contributed by atoms with Crippen molar-refractivity contribution in [1.82, 2.24) is 0 Å². The summed E-state index contributed by atoms with van der Waals surface area (Å²) in [6, 6.07) is 16.7. The van der Waals surface area contributed by atoms with Crippen molar-refractivity contribution in [2.75, 3.05) is 7.11 Å². The van der Waals surface area contributed by atoms with E-state index in [-0.39, 0.29) is 17.3 Å². The number of carbonyl (C=O) groups is 2. The molecule has 0 spiro atoms. The first-order chi connectivity index (χ1) is 15.8. The first kappa shape index (κ1) is 23.2. The Hall–Kier alpha value is -2.94. The van der Waals surface area contributed by atoms with Gasteiger partial charge >= 0.3 is 11.9 Å². The highest BCUT2D eigenvalue weighted by Crippen LogP contribution is 2.36. The fourth-order valence-electron chi connectivity index (χ4n) is 2.95. The average Bonchev–Trinajstić information content (AvgIpc) is 3.16. The molecule has 0 amide bonds. The van der Waals surface area contributed by atoms with Gasteiger partial charge in [0.1, 0.15) is 5.75 Å². The standard InChI is InChI=1S/C24H14Br2ClNO5/c1-31-18-8-4-14(5-9-18)23(29)32-21-15(10-16(25)12-19(21)26)11-20-24(30)33-22(28-20)13-2-6-17(27)7-3-13/h2-12H,1H3/b20-11-. The van der Waals surface area contributed by atoms with E-state index in [1.165, 1.54) is 6.08 Å². The van der Waals surface area contributed by atoms with E-state index in [0.29, 0.717) is 36.4 Å². The van der Waals surface area contributed by atoms with Gasteiger partial charge in [-0.2, -0.15) is 0 Å². The molecule has 3 aromatic rings. The van der Waals surface area contributed by atoms with Crippen LogP contribution in [0.2, 0.25) is 5.02 Å². The summed E-state index contributed by atoms with van der Waals surface area (Å²) in [7, 11) is 1.54. The van der Waals surface area contributed by atoms with Gasteiger partial charge in [0.05, 0.1) is 17.1 Å². The minimum atomic E-state index is -0.622. The van der Waals surface area contributed by atoms with Crippen LogP contribution in [0.1, 0.15) is 21.5 Å². The Morgan fingerprint density at radius 1 is 1.06 bits per heavy atom. The molecule has 33 heavy (non-hydrogen) atoms. The zero-order chi connectivity index (χ0) is 23.5. The molecule has 0 aromatic heterocycles. The number of esters is 2. The second-order valence-electron chi connectivity index (χ2n) is 6.77. The molecule has 3 aromatic carbocycles. The third-order valence-electron chi connectivity index (χ3n) is 4.56. The highest BCUT2D eigenvalue weighted by Gasteiger charge is 2.25. The largest absolute Gasteiger partial charge is 0.497 e. The van der Waals surface area contributed by atoms with Crippen molar-refractivity contribution < 1.29 is 23.8 Å². The van der Waals surface area contributed by atoms with Gasteiger partial charge < -0.3 is 14.2 Å². The van der Waals surface area contributed by atoms with Gasteiger partial charge in [0.15, 0.2) is 11.4 Å². The molecule has 0 saturated carbocycles. The van der Waals surface area contributed by atoms with E-state index in [1.54, 1.807) is 67.8 Å². The van der Waals surface area contributed by atoms with Crippen LogP contribution in [-0.4, -0.2) is 24.9 Å². The van der Waals surface area contributed by atoms with Crippen LogP contribution >= 0.6 is 43.5 Å². The smallest absolute Gasteiger partial charge is 0.363 e. The molecule has 1 aliphatic rings. The molecule has 0 aliphatic carbocycles. The van der Waals surface area contributed by atoms with Gasteiger partial charge in [-0.3, -0.25) is 0 Å². The number of benzene rings is 3. The number of carbonyl (C=O) groups excluding carboxylic acids is 2. The number of halogens is 3. The van der Waals surface area contributed by atoms with Crippen LogP contribution in [0.25, 0.3) is 6.08 Å². The Kier molecular flexibility index (Phi) is 6.97. The Bertz CT molecular complexity index is 1300. The topological polar surface area (TPSA) is 74.2 Å². The molecule has 166 valence electrons. The first-order valence-corrected chi connectivity index (χ1v) is 11.4. The molecular weight excluding hydrogens is 578 g/mol. The van der Waals surface area contributed by atoms with Crippen LogP contribution in [0, 0.1) is 0 Å². The molecule has 9 heteroatoms. The fraction of sp³-hybridized carbons (Fsp3) is 0.0417. The Balaban J connectivity index is 1.67. The molecular formula is C24H14Br2ClNO5. The van der Waals surface area contributed by atoms with Crippen LogP contribution in [0.4, 0.5) is 0 Å². The van der Waals surface area contributed by atoms with Crippen LogP contribution < -0.4 is 9.47 Å². The molecule has 0 radical (unpaired) electrons. The maximum absolute atomic E-state index is 12.7. The van der Waals surface area contributed by atoms with E-state index in [0.717, 1.165) is 0 Å². The Morgan fingerprint density at radius 3 is 2.42 bits per heavy atom. The van der Waals surface area contributed by atoms with Gasteiger partial charge in [-0.05, 0) is 82.7 Å². The molecule has 0 atom stereocenters. The molecule has 0 fully saturated rings. The summed E-state index contributed by atoms with van der Waals surface area (Å²) in [4.78, 5) is 29.5. The number of aliphatic imine (C=N–C) groups is 1. The third-order valence-corrected chi connectivity index (χ3v) is 5.86. The number of ether oxygens (including phenoxy) is 3. The molecule has 4 rings (SSSR count). The highest BCUT2D eigenvalue weighted by atomic mass is 79.9. The number of hydrogen-bond acceptors (Lipinski definition) is 6. The van der Waals surface area contributed by atoms with Crippen LogP contribution in [-0.2, 0) is 9.53 Å². The minimum absolute atomic E-state index is 0.0618. The number of rotatable bonds is 5. The summed E-state index contributed by atoms with van der Waals surface area (Å²) in [6.45, 7) is 0. The van der Waals surface area contributed by atoms with Gasteiger partial charge in [0, 0.05) is 20.6 Å². The summed E-state index contributed by atoms with van der Waals surface area (Å²) >= 11 is 12.8. The fourth-order valence-corrected chi connectivity index (χ4v) is 4.41. The van der Waals surface area contributed by atoms with Crippen molar-refractivity contribution in [3.63, 3.8) is 0 Å². The normalized spacial score (nSPS) is 14.1. The predicted octanol–water partition coefficient (Wildman–Crippen LogP) is 6.44. The van der Waals surface area contributed by atoms with Gasteiger partial charge in [0.2, 0.25) is 5.90 Å². The number of hydrogen-bond donors (Lipinski definition) is 0. The number of cyclic esters (lactones) is 1. The minimum Gasteiger partial charge on any atom is -0.497 e. The van der Waals surface area contributed by atoms with Crippen molar-refractivity contribution in [2.45, 2.75) is 0 Å². The summed E-state index contributed by atoms with van der Waals surface area (Å²) in [5.74, 6) is -0.178. The van der Waals surface area contributed by atoms with E-state index >= 15 is 0 Å². The Labute approximate surface area is 211 Å². The summed E-state index contributed by atoms with van der Waals surface area (Å²) in [5, 5.41) is 0.557. The monoisotopic (exact) mass is 589 g/mol. The SMILES string of the molecule is COc1ccc(C(=O)Oc2c(Br)cc(Br)cc2/C=C2\N=C(c3ccc(Cl)cc3)OC2=O)cc1. The van der Waals surface area contributed by atoms with Gasteiger partial charge in [0.25, 0.3) is 0 Å². The lowest BCUT2D eigenvalue weighted by Crippen LogP contribution is -2.10. The summed E-state index contributed by atoms with van der Waals surface area (Å²) in [5.41, 5.74) is 1.46. The van der Waals surface area contributed by atoms with Crippen LogP contribution in [0.5, 0.6) is 11.5 Å². The van der Waals surface area contributed by atoms with Gasteiger partial charge in [-0.15, -0.1) is 0 Å². The lowest BCUT2D eigenvalue weighted by Gasteiger charge is -2.11. The lowest BCUT2D eigenvalue weighted by molar-refractivity contribution is -0.129. The lowest BCUT2D eigenvalue weighted by atomic mass is 10.1. The van der Waals surface area contributed by atoms with E-state index in [1.807, 2.05) is 0 Å². The van der Waals surface area contributed by atoms with Crippen molar-refractivity contribution in [3.8, 4) is 11.5 Å². The molecule has 6 nitrogen and oxygen atoms in total. The highest BCUT2D eigenvalue weighted by molar-refractivity contribution is 9.11. The van der Waals surface area contributed by atoms with Crippen molar-refractivity contribution in [3.05, 3.63) is 97.0 Å². The molecule has 0 bridgehead atoms. The Morgan fingerprint density at radius 2 is 1.76 bits per heavy atom. The van der Waals surface area contributed by atoms with Crippen molar-refractivity contribution in [2.24, 2.45) is 4.99 Å². The first-order valence-electron chi connectivity index (χ1n) is 9.48. The number of nitrogens with zero attached hydrogens (tertiary/aromatic N) is 1. The maximum atomic E-state index is 12.7. The van der Waals surface area contributed by atoms with Gasteiger partial charge in [-0.1, -0.05) is 27.5 Å². The predicted molar refractivity (Wildman–Crippen MR) is 132 cm³/mol. The van der Waals surface area contributed by atoms with Crippen LogP contribution in [0.3, 0.4) is 0 Å². The quantitative estimate of drug-likeness (QED) is 0.194. The maximum Gasteiger partial charge on any atom is 0.363 e. The molecule has 1 aliphatic heterocycles. The third kappa shape index (κ3) is 5.35. The average molecular weight is 592 g/mol. The molecule has 1 heterocycles. The second-order valence-corrected chi connectivity index (χ2v) is 8.97. The number of methoxy groups -OCH3 is 1. The van der Waals surface area contributed by atoms with Crippen molar-refractivity contribution in [1.29, 1.82) is 0 Å². The van der Waals surface area contributed by atoms with E-state index in [4.69, 9.17) is 25.8 Å². The van der Waals surface area contributed by atoms with Crippen molar-refractivity contribution >= 4 is 67.4 Å². The van der Waals surface area contributed by atoms with E-state index in [9.17, 15) is 9.59 Å². The van der Waals surface area contributed by atoms with E-state index in [2.05, 4.69) is 36.9 Å². The zero-order valence-electron chi connectivity index (χ0n) is 17.0. The molecule has 0 saturated heterocycles. The molecule has 0 N–H and O–H groups in total. The second kappa shape index (κ2) is 9.91.